The summed E-state index contributed by atoms with van der Waals surface area (Å²) in [6.45, 7) is 0.481. The van der Waals surface area contributed by atoms with E-state index < -0.39 is 27.2 Å². The van der Waals surface area contributed by atoms with Gasteiger partial charge in [-0.2, -0.15) is 13.2 Å². The Labute approximate surface area is 91.5 Å². The largest absolute Gasteiger partial charge is 0.473 e. The van der Waals surface area contributed by atoms with Crippen LogP contribution >= 0.6 is 0 Å². The molecular formula is C9H10F3NO2S. The first-order chi connectivity index (χ1) is 7.30. The minimum absolute atomic E-state index is 0.367. The summed E-state index contributed by atoms with van der Waals surface area (Å²) in [4.78, 5) is -0.367. The molecule has 16 heavy (non-hydrogen) atoms. The summed E-state index contributed by atoms with van der Waals surface area (Å²) in [5.41, 5.74) is 0. The molecular weight excluding hydrogens is 243 g/mol. The van der Waals surface area contributed by atoms with Crippen molar-refractivity contribution in [3.63, 3.8) is 0 Å². The van der Waals surface area contributed by atoms with E-state index in [-0.39, 0.29) is 4.90 Å². The zero-order valence-corrected chi connectivity index (χ0v) is 9.22. The lowest BCUT2D eigenvalue weighted by Crippen LogP contribution is -2.42. The number of rotatable bonds is 3. The molecule has 0 heterocycles. The van der Waals surface area contributed by atoms with Crippen LogP contribution in [0, 0.1) is 0 Å². The lowest BCUT2D eigenvalue weighted by Gasteiger charge is -2.22. The van der Waals surface area contributed by atoms with E-state index in [0.717, 1.165) is 19.1 Å². The fourth-order valence-electron chi connectivity index (χ4n) is 1.21. The third-order valence-electron chi connectivity index (χ3n) is 1.90. The zero-order valence-electron chi connectivity index (χ0n) is 8.40. The molecule has 3 nitrogen and oxygen atoms in total. The molecule has 0 aromatic heterocycles. The van der Waals surface area contributed by atoms with Crippen molar-refractivity contribution in [3.05, 3.63) is 30.3 Å². The van der Waals surface area contributed by atoms with Gasteiger partial charge in [0.15, 0.2) is 0 Å². The molecule has 0 saturated heterocycles. The third kappa shape index (κ3) is 2.53. The molecule has 0 atom stereocenters. The van der Waals surface area contributed by atoms with Crippen molar-refractivity contribution in [2.75, 3.05) is 6.54 Å². The maximum Gasteiger partial charge on any atom is 0.473 e. The molecule has 0 aliphatic rings. The molecule has 1 aromatic rings. The Morgan fingerprint density at radius 2 is 1.69 bits per heavy atom. The van der Waals surface area contributed by atoms with Crippen LogP contribution in [-0.4, -0.2) is 25.6 Å². The van der Waals surface area contributed by atoms with Gasteiger partial charge in [-0.1, -0.05) is 25.1 Å². The molecule has 1 rings (SSSR count). The van der Waals surface area contributed by atoms with Crippen molar-refractivity contribution in [2.45, 2.75) is 18.1 Å². The van der Waals surface area contributed by atoms with Gasteiger partial charge in [0.1, 0.15) is 0 Å². The van der Waals surface area contributed by atoms with Crippen LogP contribution in [0.15, 0.2) is 35.2 Å². The predicted molar refractivity (Wildman–Crippen MR) is 52.1 cm³/mol. The maximum absolute atomic E-state index is 12.4. The number of benzene rings is 1. The molecule has 0 fully saturated rings. The molecule has 0 spiro atoms. The third-order valence-corrected chi connectivity index (χ3v) is 3.81. The van der Waals surface area contributed by atoms with E-state index in [1.807, 2.05) is 0 Å². The molecule has 0 saturated carbocycles. The molecule has 90 valence electrons. The van der Waals surface area contributed by atoms with E-state index >= 15 is 0 Å². The standard InChI is InChI=1S/C9H10F3NO2S/c1-2-13(9(10,11)12)16(14,15)8-6-4-3-5-7-8/h3-7H,2H2,1H3. The fourth-order valence-corrected chi connectivity index (χ4v) is 2.57. The Bertz CT molecular complexity index is 442. The second-order valence-electron chi connectivity index (χ2n) is 2.95. The van der Waals surface area contributed by atoms with Gasteiger partial charge >= 0.3 is 6.30 Å². The van der Waals surface area contributed by atoms with E-state index in [4.69, 9.17) is 0 Å². The van der Waals surface area contributed by atoms with Gasteiger partial charge in [-0.3, -0.25) is 0 Å². The molecule has 0 bridgehead atoms. The number of hydrogen-bond acceptors (Lipinski definition) is 2. The van der Waals surface area contributed by atoms with Crippen LogP contribution in [0.4, 0.5) is 13.2 Å². The highest BCUT2D eigenvalue weighted by Gasteiger charge is 2.44. The van der Waals surface area contributed by atoms with Crippen LogP contribution in [0.25, 0.3) is 0 Å². The summed E-state index contributed by atoms with van der Waals surface area (Å²) in [5.74, 6) is 0. The quantitative estimate of drug-likeness (QED) is 0.774. The first-order valence-corrected chi connectivity index (χ1v) is 5.88. The monoisotopic (exact) mass is 253 g/mol. The molecule has 0 amide bonds. The summed E-state index contributed by atoms with van der Waals surface area (Å²) < 4.78 is 60.1. The number of halogens is 3. The molecule has 0 radical (unpaired) electrons. The van der Waals surface area contributed by atoms with E-state index in [0.29, 0.717) is 0 Å². The van der Waals surface area contributed by atoms with Crippen molar-refractivity contribution in [1.82, 2.24) is 4.31 Å². The minimum Gasteiger partial charge on any atom is -0.207 e. The highest BCUT2D eigenvalue weighted by Crippen LogP contribution is 2.28. The van der Waals surface area contributed by atoms with Crippen molar-refractivity contribution in [2.24, 2.45) is 0 Å². The summed E-state index contributed by atoms with van der Waals surface area (Å²) in [6.07, 6.45) is -4.90. The van der Waals surface area contributed by atoms with Crippen molar-refractivity contribution >= 4 is 10.0 Å². The van der Waals surface area contributed by atoms with Gasteiger partial charge in [-0.05, 0) is 12.1 Å². The Hall–Kier alpha value is -1.08. The minimum atomic E-state index is -4.90. The van der Waals surface area contributed by atoms with Gasteiger partial charge in [0.05, 0.1) is 4.90 Å². The second-order valence-corrected chi connectivity index (χ2v) is 4.81. The van der Waals surface area contributed by atoms with Crippen LogP contribution in [0.2, 0.25) is 0 Å². The van der Waals surface area contributed by atoms with Crippen LogP contribution in [0.1, 0.15) is 6.92 Å². The number of sulfonamides is 1. The number of alkyl halides is 3. The molecule has 0 N–H and O–H groups in total. The van der Waals surface area contributed by atoms with Crippen LogP contribution in [0.3, 0.4) is 0 Å². The lowest BCUT2D eigenvalue weighted by molar-refractivity contribution is -0.208. The van der Waals surface area contributed by atoms with Crippen LogP contribution in [-0.2, 0) is 10.0 Å². The van der Waals surface area contributed by atoms with E-state index in [2.05, 4.69) is 0 Å². The van der Waals surface area contributed by atoms with Gasteiger partial charge in [0, 0.05) is 6.54 Å². The normalized spacial score (nSPS) is 13.1. The topological polar surface area (TPSA) is 37.4 Å². The van der Waals surface area contributed by atoms with E-state index in [1.54, 1.807) is 0 Å². The molecule has 0 aliphatic carbocycles. The van der Waals surface area contributed by atoms with Crippen molar-refractivity contribution in [3.8, 4) is 0 Å². The highest BCUT2D eigenvalue weighted by molar-refractivity contribution is 7.89. The van der Waals surface area contributed by atoms with Gasteiger partial charge < -0.3 is 0 Å². The molecule has 0 aliphatic heterocycles. The van der Waals surface area contributed by atoms with E-state index in [9.17, 15) is 21.6 Å². The summed E-state index contributed by atoms with van der Waals surface area (Å²) in [5, 5.41) is 0. The first-order valence-electron chi connectivity index (χ1n) is 4.44. The fraction of sp³-hybridized carbons (Fsp3) is 0.333. The van der Waals surface area contributed by atoms with Crippen LogP contribution in [0.5, 0.6) is 0 Å². The van der Waals surface area contributed by atoms with E-state index in [1.165, 1.54) is 18.2 Å². The second kappa shape index (κ2) is 4.42. The summed E-state index contributed by atoms with van der Waals surface area (Å²) in [7, 11) is -4.50. The average molecular weight is 253 g/mol. The molecule has 0 unspecified atom stereocenters. The Kier molecular flexibility index (Phi) is 3.59. The van der Waals surface area contributed by atoms with Gasteiger partial charge in [-0.15, -0.1) is 4.31 Å². The Balaban J connectivity index is 3.21. The zero-order chi connectivity index (χ0) is 12.4. The first kappa shape index (κ1) is 13.0. The van der Waals surface area contributed by atoms with Gasteiger partial charge in [-0.25, -0.2) is 8.42 Å². The smallest absolute Gasteiger partial charge is 0.207 e. The van der Waals surface area contributed by atoms with Gasteiger partial charge in [0.2, 0.25) is 10.0 Å². The number of hydrogen-bond donors (Lipinski definition) is 0. The van der Waals surface area contributed by atoms with Crippen molar-refractivity contribution < 1.29 is 21.6 Å². The lowest BCUT2D eigenvalue weighted by atomic mass is 10.4. The molecule has 7 heteroatoms. The average Bonchev–Trinajstić information content (AvgIpc) is 2.17. The number of nitrogens with zero attached hydrogens (tertiary/aromatic N) is 1. The van der Waals surface area contributed by atoms with Gasteiger partial charge in [0.25, 0.3) is 0 Å². The summed E-state index contributed by atoms with van der Waals surface area (Å²) >= 11 is 0. The summed E-state index contributed by atoms with van der Waals surface area (Å²) in [6, 6.07) is 6.53. The Morgan fingerprint density at radius 3 is 2.06 bits per heavy atom. The van der Waals surface area contributed by atoms with Crippen LogP contribution < -0.4 is 0 Å². The predicted octanol–water partition coefficient (Wildman–Crippen LogP) is 2.22. The Morgan fingerprint density at radius 1 is 1.19 bits per heavy atom. The van der Waals surface area contributed by atoms with Crippen molar-refractivity contribution in [1.29, 1.82) is 0 Å². The molecule has 1 aromatic carbocycles. The highest BCUT2D eigenvalue weighted by atomic mass is 32.2. The SMILES string of the molecule is CCN(C(F)(F)F)S(=O)(=O)c1ccccc1. The maximum atomic E-state index is 12.4.